The van der Waals surface area contributed by atoms with Gasteiger partial charge in [-0.1, -0.05) is 26.3 Å². The number of hydrogen-bond acceptors (Lipinski definition) is 3. The van der Waals surface area contributed by atoms with Crippen molar-refractivity contribution in [1.29, 1.82) is 0 Å². The van der Waals surface area contributed by atoms with Gasteiger partial charge in [0.2, 0.25) is 10.0 Å². The van der Waals surface area contributed by atoms with Gasteiger partial charge in [-0.2, -0.15) is 0 Å². The van der Waals surface area contributed by atoms with Crippen molar-refractivity contribution in [3.63, 3.8) is 0 Å². The highest BCUT2D eigenvalue weighted by Crippen LogP contribution is 2.18. The minimum atomic E-state index is -3.48. The zero-order valence-corrected chi connectivity index (χ0v) is 12.2. The van der Waals surface area contributed by atoms with E-state index in [0.29, 0.717) is 11.6 Å². The molecule has 5 heteroatoms. The molecule has 4 nitrogen and oxygen atoms in total. The summed E-state index contributed by atoms with van der Waals surface area (Å²) in [5.41, 5.74) is 7.12. The Bertz CT molecular complexity index is 512. The van der Waals surface area contributed by atoms with E-state index in [-0.39, 0.29) is 10.9 Å². The van der Waals surface area contributed by atoms with Crippen molar-refractivity contribution in [3.05, 3.63) is 23.8 Å². The second-order valence-corrected chi connectivity index (χ2v) is 6.53. The minimum Gasteiger partial charge on any atom is -0.398 e. The molecular weight excluding hydrogens is 248 g/mol. The fraction of sp³-hybridized carbons (Fsp3) is 0.538. The predicted octanol–water partition coefficient (Wildman–Crippen LogP) is 2.29. The van der Waals surface area contributed by atoms with Crippen LogP contribution in [0.5, 0.6) is 0 Å². The lowest BCUT2D eigenvalue weighted by molar-refractivity contribution is 0.434. The van der Waals surface area contributed by atoms with Crippen molar-refractivity contribution in [2.24, 2.45) is 5.92 Å². The van der Waals surface area contributed by atoms with Gasteiger partial charge < -0.3 is 5.73 Å². The van der Waals surface area contributed by atoms with Crippen LogP contribution in [0.25, 0.3) is 0 Å². The van der Waals surface area contributed by atoms with Gasteiger partial charge in [0.15, 0.2) is 0 Å². The van der Waals surface area contributed by atoms with E-state index in [0.717, 1.165) is 12.0 Å². The van der Waals surface area contributed by atoms with Gasteiger partial charge in [0.25, 0.3) is 0 Å². The summed E-state index contributed by atoms with van der Waals surface area (Å²) < 4.78 is 27.0. The summed E-state index contributed by atoms with van der Waals surface area (Å²) in [7, 11) is -3.48. The molecule has 0 spiro atoms. The van der Waals surface area contributed by atoms with Gasteiger partial charge in [-0.05, 0) is 37.5 Å². The summed E-state index contributed by atoms with van der Waals surface area (Å²) in [5, 5.41) is 0. The van der Waals surface area contributed by atoms with E-state index >= 15 is 0 Å². The van der Waals surface area contributed by atoms with Crippen LogP contribution >= 0.6 is 0 Å². The zero-order chi connectivity index (χ0) is 13.9. The Morgan fingerprint density at radius 1 is 1.33 bits per heavy atom. The Morgan fingerprint density at radius 3 is 2.44 bits per heavy atom. The van der Waals surface area contributed by atoms with Crippen LogP contribution in [0.1, 0.15) is 32.8 Å². The maximum absolute atomic E-state index is 12.2. The highest BCUT2D eigenvalue weighted by molar-refractivity contribution is 7.89. The molecule has 1 aromatic carbocycles. The number of hydrogen-bond donors (Lipinski definition) is 2. The number of rotatable bonds is 5. The Kier molecular flexibility index (Phi) is 4.76. The molecule has 0 aliphatic rings. The second kappa shape index (κ2) is 5.71. The van der Waals surface area contributed by atoms with Crippen LogP contribution in [-0.4, -0.2) is 14.5 Å². The lowest BCUT2D eigenvalue weighted by atomic mass is 10.0. The van der Waals surface area contributed by atoms with E-state index in [1.54, 1.807) is 12.1 Å². The summed E-state index contributed by atoms with van der Waals surface area (Å²) in [4.78, 5) is 0.223. The first-order valence-electron chi connectivity index (χ1n) is 6.16. The van der Waals surface area contributed by atoms with Crippen LogP contribution in [0.3, 0.4) is 0 Å². The molecule has 0 aliphatic carbocycles. The average molecular weight is 270 g/mol. The molecule has 1 aromatic rings. The Hall–Kier alpha value is -1.07. The molecule has 0 saturated heterocycles. The van der Waals surface area contributed by atoms with E-state index in [4.69, 9.17) is 5.73 Å². The molecule has 0 radical (unpaired) electrons. The largest absolute Gasteiger partial charge is 0.398 e. The first-order chi connectivity index (χ1) is 8.27. The third-order valence-corrected chi connectivity index (χ3v) is 4.96. The van der Waals surface area contributed by atoms with Gasteiger partial charge in [0.05, 0.1) is 4.90 Å². The van der Waals surface area contributed by atoms with Gasteiger partial charge in [-0.3, -0.25) is 0 Å². The van der Waals surface area contributed by atoms with Gasteiger partial charge >= 0.3 is 0 Å². The SMILES string of the molecule is CCC(C)C(C)NS(=O)(=O)c1ccc(C)c(N)c1. The monoisotopic (exact) mass is 270 g/mol. The van der Waals surface area contributed by atoms with E-state index in [9.17, 15) is 8.42 Å². The van der Waals surface area contributed by atoms with Gasteiger partial charge in [0, 0.05) is 11.7 Å². The highest BCUT2D eigenvalue weighted by atomic mass is 32.2. The minimum absolute atomic E-state index is 0.0949. The molecule has 1 rings (SSSR count). The van der Waals surface area contributed by atoms with Crippen LogP contribution in [0, 0.1) is 12.8 Å². The average Bonchev–Trinajstić information content (AvgIpc) is 2.30. The summed E-state index contributed by atoms with van der Waals surface area (Å²) in [6, 6.07) is 4.71. The van der Waals surface area contributed by atoms with Gasteiger partial charge in [0.1, 0.15) is 0 Å². The molecule has 0 bridgehead atoms. The first-order valence-corrected chi connectivity index (χ1v) is 7.64. The van der Waals surface area contributed by atoms with Crippen molar-refractivity contribution in [2.45, 2.75) is 45.1 Å². The van der Waals surface area contributed by atoms with E-state index < -0.39 is 10.0 Å². The third-order valence-electron chi connectivity index (χ3n) is 3.40. The standard InChI is InChI=1S/C13H22N2O2S/c1-5-9(2)11(4)15-18(16,17)12-7-6-10(3)13(14)8-12/h6-9,11,15H,5,14H2,1-4H3. The molecule has 0 amide bonds. The third kappa shape index (κ3) is 3.46. The number of aryl methyl sites for hydroxylation is 1. The lowest BCUT2D eigenvalue weighted by Crippen LogP contribution is -2.36. The summed E-state index contributed by atoms with van der Waals surface area (Å²) in [6.45, 7) is 7.79. The Morgan fingerprint density at radius 2 is 1.94 bits per heavy atom. The van der Waals surface area contributed by atoms with Gasteiger partial charge in [-0.25, -0.2) is 13.1 Å². The Balaban J connectivity index is 2.96. The predicted molar refractivity (Wildman–Crippen MR) is 74.8 cm³/mol. The normalized spacial score (nSPS) is 15.3. The lowest BCUT2D eigenvalue weighted by Gasteiger charge is -2.20. The van der Waals surface area contributed by atoms with Crippen molar-refractivity contribution >= 4 is 15.7 Å². The van der Waals surface area contributed by atoms with E-state index in [1.807, 2.05) is 27.7 Å². The molecule has 2 atom stereocenters. The van der Waals surface area contributed by atoms with Crippen LogP contribution in [-0.2, 0) is 10.0 Å². The number of benzene rings is 1. The number of nitrogen functional groups attached to an aromatic ring is 1. The van der Waals surface area contributed by atoms with Gasteiger partial charge in [-0.15, -0.1) is 0 Å². The van der Waals surface area contributed by atoms with Crippen LogP contribution in [0.4, 0.5) is 5.69 Å². The fourth-order valence-electron chi connectivity index (χ4n) is 1.57. The van der Waals surface area contributed by atoms with Crippen molar-refractivity contribution in [1.82, 2.24) is 4.72 Å². The highest BCUT2D eigenvalue weighted by Gasteiger charge is 2.20. The first kappa shape index (κ1) is 15.0. The van der Waals surface area contributed by atoms with Crippen molar-refractivity contribution in [2.75, 3.05) is 5.73 Å². The van der Waals surface area contributed by atoms with Crippen molar-refractivity contribution in [3.8, 4) is 0 Å². The Labute approximate surface area is 110 Å². The molecule has 18 heavy (non-hydrogen) atoms. The zero-order valence-electron chi connectivity index (χ0n) is 11.4. The molecule has 0 aliphatic heterocycles. The van der Waals surface area contributed by atoms with Crippen LogP contribution in [0.15, 0.2) is 23.1 Å². The quantitative estimate of drug-likeness (QED) is 0.806. The van der Waals surface area contributed by atoms with Crippen LogP contribution in [0.2, 0.25) is 0 Å². The smallest absolute Gasteiger partial charge is 0.240 e. The molecule has 0 heterocycles. The van der Waals surface area contributed by atoms with Crippen LogP contribution < -0.4 is 10.5 Å². The second-order valence-electron chi connectivity index (χ2n) is 4.81. The molecule has 102 valence electrons. The molecule has 2 unspecified atom stereocenters. The summed E-state index contributed by atoms with van der Waals surface area (Å²) >= 11 is 0. The molecule has 3 N–H and O–H groups in total. The molecule has 0 fully saturated rings. The maximum atomic E-state index is 12.2. The number of sulfonamides is 1. The topological polar surface area (TPSA) is 72.2 Å². The summed E-state index contributed by atoms with van der Waals surface area (Å²) in [6.07, 6.45) is 0.930. The molecular formula is C13H22N2O2S. The molecule has 0 saturated carbocycles. The van der Waals surface area contributed by atoms with E-state index in [1.165, 1.54) is 6.07 Å². The van der Waals surface area contributed by atoms with E-state index in [2.05, 4.69) is 4.72 Å². The summed E-state index contributed by atoms with van der Waals surface area (Å²) in [5.74, 6) is 0.294. The molecule has 0 aromatic heterocycles. The number of anilines is 1. The maximum Gasteiger partial charge on any atom is 0.240 e. The van der Waals surface area contributed by atoms with Crippen molar-refractivity contribution < 1.29 is 8.42 Å². The number of nitrogens with one attached hydrogen (secondary N) is 1. The fourth-order valence-corrected chi connectivity index (χ4v) is 2.96. The number of nitrogens with two attached hydrogens (primary N) is 1.